The maximum Gasteiger partial charge on any atom is 0.308 e. The third kappa shape index (κ3) is 5.39. The van der Waals surface area contributed by atoms with Crippen LogP contribution in [0.4, 0.5) is 0 Å². The van der Waals surface area contributed by atoms with E-state index in [1.54, 1.807) is 4.68 Å². The van der Waals surface area contributed by atoms with E-state index in [1.807, 2.05) is 56.8 Å². The molecule has 0 aliphatic rings. The van der Waals surface area contributed by atoms with Gasteiger partial charge in [-0.1, -0.05) is 30.3 Å². The SMILES string of the molecule is CN(C)Cc1cnn(CCC(=O)OCc2ccccc2)c1. The molecule has 0 aliphatic heterocycles. The summed E-state index contributed by atoms with van der Waals surface area (Å²) in [5.74, 6) is -0.205. The Morgan fingerprint density at radius 3 is 2.71 bits per heavy atom. The zero-order valence-electron chi connectivity index (χ0n) is 12.5. The highest BCUT2D eigenvalue weighted by Crippen LogP contribution is 2.04. The summed E-state index contributed by atoms with van der Waals surface area (Å²) in [5.41, 5.74) is 2.14. The van der Waals surface area contributed by atoms with Crippen molar-refractivity contribution in [2.45, 2.75) is 26.1 Å². The van der Waals surface area contributed by atoms with Crippen molar-refractivity contribution in [2.75, 3.05) is 14.1 Å². The summed E-state index contributed by atoms with van der Waals surface area (Å²) in [4.78, 5) is 13.8. The number of rotatable bonds is 7. The molecule has 0 radical (unpaired) electrons. The fourth-order valence-electron chi connectivity index (χ4n) is 1.99. The summed E-state index contributed by atoms with van der Waals surface area (Å²) >= 11 is 0. The Labute approximate surface area is 125 Å². The van der Waals surface area contributed by atoms with Gasteiger partial charge in [-0.2, -0.15) is 5.10 Å². The molecule has 2 rings (SSSR count). The van der Waals surface area contributed by atoms with Crippen LogP contribution in [0.25, 0.3) is 0 Å². The van der Waals surface area contributed by atoms with Crippen molar-refractivity contribution in [3.05, 3.63) is 53.9 Å². The largest absolute Gasteiger partial charge is 0.461 e. The minimum absolute atomic E-state index is 0.205. The second-order valence-electron chi connectivity index (χ2n) is 5.25. The number of aromatic nitrogens is 2. The van der Waals surface area contributed by atoms with Crippen LogP contribution in [0.3, 0.4) is 0 Å². The topological polar surface area (TPSA) is 47.4 Å². The molecule has 1 aromatic heterocycles. The van der Waals surface area contributed by atoms with Gasteiger partial charge in [-0.25, -0.2) is 0 Å². The molecule has 0 saturated carbocycles. The third-order valence-corrected chi connectivity index (χ3v) is 2.97. The minimum Gasteiger partial charge on any atom is -0.461 e. The first kappa shape index (κ1) is 15.3. The van der Waals surface area contributed by atoms with Crippen molar-refractivity contribution in [3.63, 3.8) is 0 Å². The smallest absolute Gasteiger partial charge is 0.308 e. The summed E-state index contributed by atoms with van der Waals surface area (Å²) in [6, 6.07) is 9.68. The van der Waals surface area contributed by atoms with Crippen LogP contribution in [-0.2, 0) is 29.2 Å². The van der Waals surface area contributed by atoms with Crippen LogP contribution in [0.1, 0.15) is 17.5 Å². The van der Waals surface area contributed by atoms with Crippen LogP contribution < -0.4 is 0 Å². The highest BCUT2D eigenvalue weighted by Gasteiger charge is 2.05. The number of aryl methyl sites for hydroxylation is 1. The lowest BCUT2D eigenvalue weighted by Crippen LogP contribution is -2.10. The average molecular weight is 287 g/mol. The van der Waals surface area contributed by atoms with Crippen LogP contribution in [0.5, 0.6) is 0 Å². The number of benzene rings is 1. The van der Waals surface area contributed by atoms with Gasteiger partial charge in [-0.3, -0.25) is 9.48 Å². The van der Waals surface area contributed by atoms with Gasteiger partial charge in [0.05, 0.1) is 19.2 Å². The highest BCUT2D eigenvalue weighted by atomic mass is 16.5. The summed E-state index contributed by atoms with van der Waals surface area (Å²) in [5, 5.41) is 4.24. The van der Waals surface area contributed by atoms with Crippen molar-refractivity contribution in [3.8, 4) is 0 Å². The maximum absolute atomic E-state index is 11.7. The van der Waals surface area contributed by atoms with E-state index in [0.29, 0.717) is 19.6 Å². The summed E-state index contributed by atoms with van der Waals surface area (Å²) in [6.45, 7) is 1.71. The second kappa shape index (κ2) is 7.59. The molecule has 0 atom stereocenters. The van der Waals surface area contributed by atoms with Crippen LogP contribution >= 0.6 is 0 Å². The van der Waals surface area contributed by atoms with Crippen molar-refractivity contribution in [2.24, 2.45) is 0 Å². The van der Waals surface area contributed by atoms with Gasteiger partial charge in [-0.05, 0) is 19.7 Å². The van der Waals surface area contributed by atoms with E-state index in [2.05, 4.69) is 10.00 Å². The molecule has 5 heteroatoms. The van der Waals surface area contributed by atoms with E-state index in [9.17, 15) is 4.79 Å². The predicted molar refractivity (Wildman–Crippen MR) is 80.5 cm³/mol. The molecule has 5 nitrogen and oxygen atoms in total. The van der Waals surface area contributed by atoms with Gasteiger partial charge in [0.2, 0.25) is 0 Å². The lowest BCUT2D eigenvalue weighted by Gasteiger charge is -2.06. The number of hydrogen-bond donors (Lipinski definition) is 0. The number of nitrogens with zero attached hydrogens (tertiary/aromatic N) is 3. The average Bonchev–Trinajstić information content (AvgIpc) is 2.91. The number of ether oxygens (including phenoxy) is 1. The fourth-order valence-corrected chi connectivity index (χ4v) is 1.99. The lowest BCUT2D eigenvalue weighted by molar-refractivity contribution is -0.145. The monoisotopic (exact) mass is 287 g/mol. The van der Waals surface area contributed by atoms with Crippen molar-refractivity contribution in [1.82, 2.24) is 14.7 Å². The quantitative estimate of drug-likeness (QED) is 0.732. The summed E-state index contributed by atoms with van der Waals surface area (Å²) in [7, 11) is 4.02. The molecular weight excluding hydrogens is 266 g/mol. The highest BCUT2D eigenvalue weighted by molar-refractivity contribution is 5.69. The minimum atomic E-state index is -0.205. The van der Waals surface area contributed by atoms with Gasteiger partial charge in [0, 0.05) is 18.3 Å². The van der Waals surface area contributed by atoms with Gasteiger partial charge in [0.1, 0.15) is 6.61 Å². The van der Waals surface area contributed by atoms with Gasteiger partial charge in [-0.15, -0.1) is 0 Å². The number of esters is 1. The van der Waals surface area contributed by atoms with E-state index >= 15 is 0 Å². The maximum atomic E-state index is 11.7. The molecule has 21 heavy (non-hydrogen) atoms. The molecule has 1 heterocycles. The normalized spacial score (nSPS) is 10.8. The van der Waals surface area contributed by atoms with E-state index in [1.165, 1.54) is 0 Å². The van der Waals surface area contributed by atoms with E-state index in [-0.39, 0.29) is 5.97 Å². The van der Waals surface area contributed by atoms with Gasteiger partial charge < -0.3 is 9.64 Å². The predicted octanol–water partition coefficient (Wildman–Crippen LogP) is 2.08. The Morgan fingerprint density at radius 2 is 2.00 bits per heavy atom. The van der Waals surface area contributed by atoms with Crippen molar-refractivity contribution >= 4 is 5.97 Å². The van der Waals surface area contributed by atoms with Crippen LogP contribution in [0.2, 0.25) is 0 Å². The van der Waals surface area contributed by atoms with E-state index < -0.39 is 0 Å². The van der Waals surface area contributed by atoms with E-state index in [0.717, 1.165) is 17.7 Å². The van der Waals surface area contributed by atoms with Crippen LogP contribution in [-0.4, -0.2) is 34.7 Å². The van der Waals surface area contributed by atoms with Gasteiger partial charge >= 0.3 is 5.97 Å². The molecular formula is C16H21N3O2. The van der Waals surface area contributed by atoms with Crippen molar-refractivity contribution in [1.29, 1.82) is 0 Å². The Kier molecular flexibility index (Phi) is 5.51. The standard InChI is InChI=1S/C16H21N3O2/c1-18(2)11-15-10-17-19(12-15)9-8-16(20)21-13-14-6-4-3-5-7-14/h3-7,10,12H,8-9,11,13H2,1-2H3. The molecule has 2 aromatic rings. The van der Waals surface area contributed by atoms with E-state index in [4.69, 9.17) is 4.74 Å². The first-order valence-corrected chi connectivity index (χ1v) is 6.99. The Bertz CT molecular complexity index is 564. The number of hydrogen-bond acceptors (Lipinski definition) is 4. The molecule has 0 amide bonds. The molecule has 0 saturated heterocycles. The van der Waals surface area contributed by atoms with Crippen molar-refractivity contribution < 1.29 is 9.53 Å². The third-order valence-electron chi connectivity index (χ3n) is 2.97. The first-order valence-electron chi connectivity index (χ1n) is 6.99. The molecule has 0 spiro atoms. The molecule has 0 bridgehead atoms. The van der Waals surface area contributed by atoms with Gasteiger partial charge in [0.15, 0.2) is 0 Å². The second-order valence-corrected chi connectivity index (χ2v) is 5.25. The van der Waals surface area contributed by atoms with Crippen LogP contribution in [0.15, 0.2) is 42.7 Å². The first-order chi connectivity index (χ1) is 10.1. The number of carbonyl (C=O) groups excluding carboxylic acids is 1. The molecule has 112 valence electrons. The molecule has 1 aromatic carbocycles. The molecule has 0 fully saturated rings. The fraction of sp³-hybridized carbons (Fsp3) is 0.375. The molecule has 0 unspecified atom stereocenters. The Hall–Kier alpha value is -2.14. The molecule has 0 aliphatic carbocycles. The summed E-state index contributed by atoms with van der Waals surface area (Å²) < 4.78 is 7.01. The van der Waals surface area contributed by atoms with Crippen LogP contribution in [0, 0.1) is 0 Å². The zero-order chi connectivity index (χ0) is 15.1. The number of carbonyl (C=O) groups is 1. The lowest BCUT2D eigenvalue weighted by atomic mass is 10.2. The van der Waals surface area contributed by atoms with Gasteiger partial charge in [0.25, 0.3) is 0 Å². The molecule has 0 N–H and O–H groups in total. The zero-order valence-corrected chi connectivity index (χ0v) is 12.5. The Balaban J connectivity index is 1.72. The summed E-state index contributed by atoms with van der Waals surface area (Å²) in [6.07, 6.45) is 4.12. The Morgan fingerprint density at radius 1 is 1.24 bits per heavy atom.